The van der Waals surface area contributed by atoms with Crippen molar-refractivity contribution < 1.29 is 4.79 Å². The summed E-state index contributed by atoms with van der Waals surface area (Å²) in [5.41, 5.74) is 2.23. The Morgan fingerprint density at radius 2 is 2.18 bits per heavy atom. The lowest BCUT2D eigenvalue weighted by atomic mass is 10.1. The number of carbonyl (C=O) groups is 1. The maximum Gasteiger partial charge on any atom is 0.237 e. The van der Waals surface area contributed by atoms with Crippen molar-refractivity contribution in [1.82, 2.24) is 14.8 Å². The van der Waals surface area contributed by atoms with Crippen LogP contribution >= 0.6 is 0 Å². The lowest BCUT2D eigenvalue weighted by molar-refractivity contribution is -0.132. The Morgan fingerprint density at radius 3 is 3.04 bits per heavy atom. The summed E-state index contributed by atoms with van der Waals surface area (Å²) in [5, 5.41) is 1.18. The number of amides is 1. The third-order valence-corrected chi connectivity index (χ3v) is 6.19. The van der Waals surface area contributed by atoms with Gasteiger partial charge in [0.2, 0.25) is 5.91 Å². The van der Waals surface area contributed by atoms with Gasteiger partial charge in [-0.25, -0.2) is 0 Å². The number of likely N-dealkylation sites (tertiary alicyclic amines) is 2. The van der Waals surface area contributed by atoms with Gasteiger partial charge in [-0.05, 0) is 50.2 Å². The van der Waals surface area contributed by atoms with E-state index >= 15 is 0 Å². The van der Waals surface area contributed by atoms with Crippen LogP contribution in [0.5, 0.6) is 0 Å². The summed E-state index contributed by atoms with van der Waals surface area (Å²) >= 11 is 0. The molecule has 2 fully saturated rings. The summed E-state index contributed by atoms with van der Waals surface area (Å²) in [7, 11) is 2.16. The topological polar surface area (TPSA) is 52.0 Å². The number of carbonyl (C=O) groups excluding carboxylic acids is 1. The van der Waals surface area contributed by atoms with E-state index in [-0.39, 0.29) is 11.9 Å². The molecule has 6 nitrogen and oxygen atoms in total. The summed E-state index contributed by atoms with van der Waals surface area (Å²) in [6.07, 6.45) is 5.03. The molecule has 4 rings (SSSR count). The second-order valence-electron chi connectivity index (χ2n) is 7.93. The van der Waals surface area contributed by atoms with E-state index in [2.05, 4.69) is 57.8 Å². The van der Waals surface area contributed by atoms with Crippen molar-refractivity contribution in [2.24, 2.45) is 4.99 Å². The normalized spacial score (nSPS) is 22.7. The minimum Gasteiger partial charge on any atom is -0.370 e. The number of aliphatic imine (C=N–C) groups is 1. The molecule has 0 radical (unpaired) electrons. The van der Waals surface area contributed by atoms with Gasteiger partial charge >= 0.3 is 0 Å². The molecule has 2 saturated heterocycles. The van der Waals surface area contributed by atoms with E-state index in [1.807, 2.05) is 17.2 Å². The van der Waals surface area contributed by atoms with E-state index in [9.17, 15) is 4.79 Å². The molecule has 1 aromatic heterocycles. The van der Waals surface area contributed by atoms with Gasteiger partial charge < -0.3 is 9.80 Å². The minimum atomic E-state index is 0.240. The van der Waals surface area contributed by atoms with Gasteiger partial charge in [0.05, 0.1) is 24.6 Å². The molecule has 0 N–H and O–H groups in total. The number of hydrogen-bond acceptors (Lipinski definition) is 5. The zero-order chi connectivity index (χ0) is 19.5. The van der Waals surface area contributed by atoms with Crippen molar-refractivity contribution in [3.8, 4) is 0 Å². The molecule has 2 aromatic rings. The lowest BCUT2D eigenvalue weighted by Gasteiger charge is -2.29. The molecule has 6 heteroatoms. The van der Waals surface area contributed by atoms with Crippen LogP contribution in [-0.2, 0) is 4.79 Å². The van der Waals surface area contributed by atoms with Gasteiger partial charge in [-0.1, -0.05) is 6.07 Å². The average Bonchev–Trinajstić information content (AvgIpc) is 3.37. The number of rotatable bonds is 6. The summed E-state index contributed by atoms with van der Waals surface area (Å²) in [6, 6.07) is 11.1. The third-order valence-electron chi connectivity index (χ3n) is 6.19. The van der Waals surface area contributed by atoms with Crippen LogP contribution in [0, 0.1) is 0 Å². The highest BCUT2D eigenvalue weighted by atomic mass is 16.2. The fraction of sp³-hybridized carbons (Fsp3) is 0.500. The molecule has 3 heterocycles. The van der Waals surface area contributed by atoms with Crippen molar-refractivity contribution in [3.05, 3.63) is 36.5 Å². The predicted octanol–water partition coefficient (Wildman–Crippen LogP) is 2.44. The molecule has 148 valence electrons. The molecule has 2 aliphatic heterocycles. The highest BCUT2D eigenvalue weighted by molar-refractivity contribution is 5.91. The van der Waals surface area contributed by atoms with Crippen LogP contribution in [0.2, 0.25) is 0 Å². The van der Waals surface area contributed by atoms with Crippen LogP contribution in [0.4, 0.5) is 5.69 Å². The van der Waals surface area contributed by atoms with Crippen LogP contribution in [0.1, 0.15) is 19.3 Å². The van der Waals surface area contributed by atoms with Crippen LogP contribution < -0.4 is 4.90 Å². The quantitative estimate of drug-likeness (QED) is 0.724. The average molecular weight is 380 g/mol. The van der Waals surface area contributed by atoms with E-state index in [0.29, 0.717) is 19.1 Å². The van der Waals surface area contributed by atoms with Gasteiger partial charge in [-0.15, -0.1) is 0 Å². The zero-order valence-electron chi connectivity index (χ0n) is 16.6. The van der Waals surface area contributed by atoms with Crippen LogP contribution in [-0.4, -0.2) is 79.3 Å². The smallest absolute Gasteiger partial charge is 0.237 e. The summed E-state index contributed by atoms with van der Waals surface area (Å²) in [6.45, 7) is 7.49. The standard InChI is InChI=1S/C22H29N5O/c1-23-14-17-6-5-12-27(17)22(28)16-26-13-10-18(15-26)25(2)21-9-3-8-20-19(21)7-4-11-24-20/h3-4,7-9,11,17-18H,1,5-6,10,12-16H2,2H3/t17-,18+/m0/s1. The number of hydrogen-bond donors (Lipinski definition) is 0. The van der Waals surface area contributed by atoms with E-state index in [0.717, 1.165) is 44.4 Å². The number of aromatic nitrogens is 1. The minimum absolute atomic E-state index is 0.240. The maximum absolute atomic E-state index is 12.8. The molecule has 2 atom stereocenters. The lowest BCUT2D eigenvalue weighted by Crippen LogP contribution is -2.44. The molecule has 0 spiro atoms. The molecule has 2 aliphatic rings. The first-order valence-corrected chi connectivity index (χ1v) is 10.2. The number of fused-ring (bicyclic) bond motifs is 1. The monoisotopic (exact) mass is 379 g/mol. The summed E-state index contributed by atoms with van der Waals surface area (Å²) < 4.78 is 0. The Morgan fingerprint density at radius 1 is 1.29 bits per heavy atom. The first kappa shape index (κ1) is 18.9. The molecular formula is C22H29N5O. The van der Waals surface area contributed by atoms with E-state index in [4.69, 9.17) is 0 Å². The van der Waals surface area contributed by atoms with Crippen molar-refractivity contribution in [3.63, 3.8) is 0 Å². The Hall–Kier alpha value is -2.47. The Balaban J connectivity index is 1.40. The van der Waals surface area contributed by atoms with Gasteiger partial charge in [0.15, 0.2) is 0 Å². The number of anilines is 1. The first-order valence-electron chi connectivity index (χ1n) is 10.2. The Labute approximate surface area is 166 Å². The molecule has 28 heavy (non-hydrogen) atoms. The van der Waals surface area contributed by atoms with Crippen molar-refractivity contribution >= 4 is 29.2 Å². The van der Waals surface area contributed by atoms with Crippen molar-refractivity contribution in [2.45, 2.75) is 31.3 Å². The van der Waals surface area contributed by atoms with E-state index in [1.165, 1.54) is 11.1 Å². The molecule has 1 aromatic carbocycles. The summed E-state index contributed by atoms with van der Waals surface area (Å²) in [4.78, 5) is 28.0. The number of benzene rings is 1. The SMILES string of the molecule is C=NC[C@@H]1CCCN1C(=O)CN1CC[C@@H](N(C)c2cccc3ncccc23)C1. The van der Waals surface area contributed by atoms with Crippen molar-refractivity contribution in [2.75, 3.05) is 44.7 Å². The van der Waals surface area contributed by atoms with E-state index in [1.54, 1.807) is 0 Å². The van der Waals surface area contributed by atoms with Gasteiger partial charge in [-0.3, -0.25) is 19.7 Å². The molecule has 0 saturated carbocycles. The molecule has 1 amide bonds. The fourth-order valence-electron chi connectivity index (χ4n) is 4.65. The number of likely N-dealkylation sites (N-methyl/N-ethyl adjacent to an activating group) is 1. The summed E-state index contributed by atoms with van der Waals surface area (Å²) in [5.74, 6) is 0.240. The number of nitrogens with zero attached hydrogens (tertiary/aromatic N) is 5. The van der Waals surface area contributed by atoms with Crippen molar-refractivity contribution in [1.29, 1.82) is 0 Å². The van der Waals surface area contributed by atoms with Gasteiger partial charge in [0.25, 0.3) is 0 Å². The van der Waals surface area contributed by atoms with Gasteiger partial charge in [-0.2, -0.15) is 0 Å². The molecule has 0 unspecified atom stereocenters. The second-order valence-corrected chi connectivity index (χ2v) is 7.93. The Kier molecular flexibility index (Phi) is 5.57. The van der Waals surface area contributed by atoms with E-state index < -0.39 is 0 Å². The maximum atomic E-state index is 12.8. The fourth-order valence-corrected chi connectivity index (χ4v) is 4.65. The highest BCUT2D eigenvalue weighted by Gasteiger charge is 2.32. The van der Waals surface area contributed by atoms with Gasteiger partial charge in [0.1, 0.15) is 0 Å². The highest BCUT2D eigenvalue weighted by Crippen LogP contribution is 2.28. The molecule has 0 aliphatic carbocycles. The zero-order valence-corrected chi connectivity index (χ0v) is 16.6. The van der Waals surface area contributed by atoms with Gasteiger partial charge in [0, 0.05) is 50.0 Å². The predicted molar refractivity (Wildman–Crippen MR) is 114 cm³/mol. The Bertz CT molecular complexity index is 848. The number of pyridine rings is 1. The largest absolute Gasteiger partial charge is 0.370 e. The third kappa shape index (κ3) is 3.74. The van der Waals surface area contributed by atoms with Crippen LogP contribution in [0.3, 0.4) is 0 Å². The first-order chi connectivity index (χ1) is 13.7. The van der Waals surface area contributed by atoms with Crippen LogP contribution in [0.25, 0.3) is 10.9 Å². The second kappa shape index (κ2) is 8.27. The van der Waals surface area contributed by atoms with Crippen LogP contribution in [0.15, 0.2) is 41.5 Å². The molecular weight excluding hydrogens is 350 g/mol. The molecule has 0 bridgehead atoms.